The van der Waals surface area contributed by atoms with Gasteiger partial charge in [-0.2, -0.15) is 17.7 Å². The molecule has 0 fully saturated rings. The van der Waals surface area contributed by atoms with Gasteiger partial charge in [-0.15, -0.1) is 48.1 Å². The summed E-state index contributed by atoms with van der Waals surface area (Å²) in [6.07, 6.45) is 6.71. The molecule has 0 heterocycles. The Balaban J connectivity index is 0. The first-order valence-electron chi connectivity index (χ1n) is 5.14. The Kier molecular flexibility index (Phi) is 10.5. The van der Waals surface area contributed by atoms with E-state index < -0.39 is 0 Å². The van der Waals surface area contributed by atoms with Crippen molar-refractivity contribution in [1.82, 2.24) is 0 Å². The molecule has 92 valence electrons. The summed E-state index contributed by atoms with van der Waals surface area (Å²) in [6, 6.07) is 10.5. The van der Waals surface area contributed by atoms with Crippen LogP contribution in [-0.4, -0.2) is 0 Å². The molecule has 0 unspecified atom stereocenters. The Morgan fingerprint density at radius 2 is 1.65 bits per heavy atom. The van der Waals surface area contributed by atoms with E-state index in [2.05, 4.69) is 50.3 Å². The third-order valence-corrected chi connectivity index (χ3v) is 2.64. The van der Waals surface area contributed by atoms with Gasteiger partial charge in [0.05, 0.1) is 0 Å². The number of halogens is 2. The van der Waals surface area contributed by atoms with Crippen molar-refractivity contribution >= 4 is 30.4 Å². The van der Waals surface area contributed by atoms with E-state index in [4.69, 9.17) is 0 Å². The SMILES string of the molecule is CC(C)C1=CC(c2ccccc2)=[C-]C1.Cl.Cl.[Hf]. The zero-order valence-electron chi connectivity index (χ0n) is 10.1. The molecule has 0 atom stereocenters. The Morgan fingerprint density at radius 1 is 1.06 bits per heavy atom. The maximum absolute atomic E-state index is 3.43. The van der Waals surface area contributed by atoms with Crippen LogP contribution in [0.5, 0.6) is 0 Å². The van der Waals surface area contributed by atoms with Gasteiger partial charge in [0.15, 0.2) is 0 Å². The molecule has 1 aliphatic rings. The van der Waals surface area contributed by atoms with Gasteiger partial charge in [0, 0.05) is 25.8 Å². The maximum Gasteiger partial charge on any atom is 0 e. The van der Waals surface area contributed by atoms with E-state index in [1.807, 2.05) is 6.07 Å². The molecule has 0 aliphatic heterocycles. The van der Waals surface area contributed by atoms with Crippen molar-refractivity contribution in [3.05, 3.63) is 53.6 Å². The van der Waals surface area contributed by atoms with Crippen molar-refractivity contribution in [3.8, 4) is 0 Å². The molecule has 0 radical (unpaired) electrons. The van der Waals surface area contributed by atoms with E-state index in [1.54, 1.807) is 0 Å². The number of benzene rings is 1. The van der Waals surface area contributed by atoms with Crippen LogP contribution >= 0.6 is 24.8 Å². The number of hydrogen-bond donors (Lipinski definition) is 0. The van der Waals surface area contributed by atoms with Crippen LogP contribution in [0.2, 0.25) is 0 Å². The van der Waals surface area contributed by atoms with E-state index >= 15 is 0 Å². The summed E-state index contributed by atoms with van der Waals surface area (Å²) in [6.45, 7) is 4.48. The van der Waals surface area contributed by atoms with Crippen LogP contribution < -0.4 is 0 Å². The van der Waals surface area contributed by atoms with Crippen molar-refractivity contribution in [2.45, 2.75) is 20.3 Å². The molecule has 1 aromatic rings. The second-order valence-corrected chi connectivity index (χ2v) is 4.01. The van der Waals surface area contributed by atoms with Gasteiger partial charge in [0.2, 0.25) is 0 Å². The first-order chi connectivity index (χ1) is 6.77. The molecular formula is C14H17Cl2Hf-. The van der Waals surface area contributed by atoms with E-state index in [0.29, 0.717) is 5.92 Å². The van der Waals surface area contributed by atoms with Crippen molar-refractivity contribution in [3.63, 3.8) is 0 Å². The fraction of sp³-hybridized carbons (Fsp3) is 0.286. The summed E-state index contributed by atoms with van der Waals surface area (Å²) < 4.78 is 0. The molecule has 17 heavy (non-hydrogen) atoms. The molecule has 1 aromatic carbocycles. The van der Waals surface area contributed by atoms with Crippen LogP contribution in [0, 0.1) is 12.0 Å². The molecule has 3 heteroatoms. The van der Waals surface area contributed by atoms with Crippen LogP contribution in [0.1, 0.15) is 25.8 Å². The molecule has 0 amide bonds. The second-order valence-electron chi connectivity index (χ2n) is 4.01. The van der Waals surface area contributed by atoms with Gasteiger partial charge >= 0.3 is 0 Å². The molecular weight excluding hydrogens is 418 g/mol. The quantitative estimate of drug-likeness (QED) is 0.467. The van der Waals surface area contributed by atoms with Gasteiger partial charge in [0.1, 0.15) is 0 Å². The zero-order chi connectivity index (χ0) is 9.97. The summed E-state index contributed by atoms with van der Waals surface area (Å²) in [7, 11) is 0. The van der Waals surface area contributed by atoms with Gasteiger partial charge in [0.25, 0.3) is 0 Å². The molecule has 0 spiro atoms. The van der Waals surface area contributed by atoms with Crippen LogP contribution in [0.25, 0.3) is 5.57 Å². The Labute approximate surface area is 135 Å². The van der Waals surface area contributed by atoms with Crippen LogP contribution in [-0.2, 0) is 25.8 Å². The van der Waals surface area contributed by atoms with E-state index in [9.17, 15) is 0 Å². The van der Waals surface area contributed by atoms with E-state index in [1.165, 1.54) is 16.7 Å². The monoisotopic (exact) mass is 435 g/mol. The molecule has 0 saturated heterocycles. The molecule has 0 saturated carbocycles. The van der Waals surface area contributed by atoms with Crippen LogP contribution in [0.4, 0.5) is 0 Å². The standard InChI is InChI=1S/C14H15.2ClH.Hf/c1-11(2)13-8-9-14(10-13)12-6-4-3-5-7-12;;;/h3-7,10-11H,8H2,1-2H3;2*1H;/q-1;;;. The maximum atomic E-state index is 3.43. The molecule has 2 rings (SSSR count). The first-order valence-corrected chi connectivity index (χ1v) is 5.14. The second kappa shape index (κ2) is 9.13. The van der Waals surface area contributed by atoms with Gasteiger partial charge in [-0.05, 0) is 5.92 Å². The summed E-state index contributed by atoms with van der Waals surface area (Å²) >= 11 is 0. The predicted molar refractivity (Wildman–Crippen MR) is 75.1 cm³/mol. The van der Waals surface area contributed by atoms with Crippen molar-refractivity contribution in [2.24, 2.45) is 5.92 Å². The predicted octanol–water partition coefficient (Wildman–Crippen LogP) is 4.70. The number of hydrogen-bond acceptors (Lipinski definition) is 0. The fourth-order valence-electron chi connectivity index (χ4n) is 1.66. The molecule has 0 nitrogen and oxygen atoms in total. The van der Waals surface area contributed by atoms with Crippen molar-refractivity contribution in [1.29, 1.82) is 0 Å². The van der Waals surface area contributed by atoms with E-state index in [0.717, 1.165) is 6.42 Å². The normalized spacial score (nSPS) is 12.9. The third kappa shape index (κ3) is 5.11. The van der Waals surface area contributed by atoms with Crippen LogP contribution in [0.3, 0.4) is 0 Å². The number of rotatable bonds is 2. The molecule has 0 bridgehead atoms. The third-order valence-electron chi connectivity index (χ3n) is 2.64. The van der Waals surface area contributed by atoms with Crippen molar-refractivity contribution < 1.29 is 25.8 Å². The van der Waals surface area contributed by atoms with Crippen molar-refractivity contribution in [2.75, 3.05) is 0 Å². The summed E-state index contributed by atoms with van der Waals surface area (Å²) in [4.78, 5) is 0. The minimum absolute atomic E-state index is 0. The summed E-state index contributed by atoms with van der Waals surface area (Å²) in [5.74, 6) is 0.642. The van der Waals surface area contributed by atoms with Crippen LogP contribution in [0.15, 0.2) is 42.0 Å². The Hall–Kier alpha value is 0.150. The van der Waals surface area contributed by atoms with Gasteiger partial charge in [-0.3, -0.25) is 0 Å². The van der Waals surface area contributed by atoms with Gasteiger partial charge in [-0.1, -0.05) is 38.5 Å². The summed E-state index contributed by atoms with van der Waals surface area (Å²) in [5, 5.41) is 0. The number of allylic oxidation sites excluding steroid dienone is 4. The molecule has 0 N–H and O–H groups in total. The largest absolute Gasteiger partial charge is 0.197 e. The fourth-order valence-corrected chi connectivity index (χ4v) is 1.66. The minimum Gasteiger partial charge on any atom is -0.197 e. The van der Waals surface area contributed by atoms with Gasteiger partial charge in [-0.25, -0.2) is 0 Å². The molecule has 0 aromatic heterocycles. The first kappa shape index (κ1) is 19.5. The average Bonchev–Trinajstić information content (AvgIpc) is 2.68. The minimum atomic E-state index is 0. The Morgan fingerprint density at radius 3 is 2.12 bits per heavy atom. The molecule has 1 aliphatic carbocycles. The zero-order valence-corrected chi connectivity index (χ0v) is 15.3. The summed E-state index contributed by atoms with van der Waals surface area (Å²) in [5.41, 5.74) is 4.03. The Bertz CT molecular complexity index is 380. The topological polar surface area (TPSA) is 0 Å². The average molecular weight is 435 g/mol. The van der Waals surface area contributed by atoms with Gasteiger partial charge < -0.3 is 0 Å². The van der Waals surface area contributed by atoms with E-state index in [-0.39, 0.29) is 50.7 Å². The smallest absolute Gasteiger partial charge is 0 e.